The number of amides is 7. The summed E-state index contributed by atoms with van der Waals surface area (Å²) in [5.74, 6) is -6.26. The van der Waals surface area contributed by atoms with Crippen LogP contribution in [0.25, 0.3) is 0 Å². The van der Waals surface area contributed by atoms with E-state index in [1.807, 2.05) is 0 Å². The van der Waals surface area contributed by atoms with E-state index in [2.05, 4.69) is 16.0 Å². The number of piperazine rings is 1. The third-order valence-electron chi connectivity index (χ3n) is 10.4. The molecule has 3 saturated heterocycles. The highest BCUT2D eigenvalue weighted by atomic mass is 35.5. The number of phenolic OH excluding ortho intramolecular Hbond substituents is 2. The number of hydrogen-bond donors (Lipinski definition) is 5. The summed E-state index contributed by atoms with van der Waals surface area (Å²) in [7, 11) is 0. The summed E-state index contributed by atoms with van der Waals surface area (Å²) in [5.41, 5.74) is 0.545. The van der Waals surface area contributed by atoms with E-state index in [0.717, 1.165) is 28.7 Å². The molecule has 0 spiro atoms. The van der Waals surface area contributed by atoms with Gasteiger partial charge in [-0.25, -0.2) is 4.79 Å². The van der Waals surface area contributed by atoms with Crippen LogP contribution in [-0.4, -0.2) is 140 Å². The second-order valence-corrected chi connectivity index (χ2v) is 15.2. The molecule has 55 heavy (non-hydrogen) atoms. The van der Waals surface area contributed by atoms with E-state index in [9.17, 15) is 48.9 Å². The number of fused-ring (bicyclic) bond motifs is 1. The summed E-state index contributed by atoms with van der Waals surface area (Å²) in [6, 6.07) is 7.13. The Morgan fingerprint density at radius 3 is 2.40 bits per heavy atom. The first kappa shape index (κ1) is 39.4. The largest absolute Gasteiger partial charge is 0.543 e. The quantitative estimate of drug-likeness (QED) is 0.0806. The molecular weight excluding hydrogens is 758 g/mol. The van der Waals surface area contributed by atoms with Gasteiger partial charge < -0.3 is 45.4 Å². The first-order valence-electron chi connectivity index (χ1n) is 17.7. The number of nitrogens with zero attached hydrogens (tertiary/aromatic N) is 4. The molecule has 7 amide bonds. The van der Waals surface area contributed by atoms with E-state index in [1.54, 1.807) is 37.3 Å². The number of aliphatic carboxylic acids is 1. The van der Waals surface area contributed by atoms with Crippen molar-refractivity contribution in [1.29, 1.82) is 0 Å². The van der Waals surface area contributed by atoms with E-state index in [-0.39, 0.29) is 48.2 Å². The van der Waals surface area contributed by atoms with Gasteiger partial charge in [-0.2, -0.15) is 0 Å². The van der Waals surface area contributed by atoms with Gasteiger partial charge in [0.1, 0.15) is 24.0 Å². The number of imide groups is 1. The van der Waals surface area contributed by atoms with Crippen LogP contribution in [0.15, 0.2) is 53.7 Å². The Hall–Kier alpha value is -5.33. The van der Waals surface area contributed by atoms with Crippen LogP contribution in [-0.2, 0) is 24.0 Å². The number of rotatable bonds is 12. The van der Waals surface area contributed by atoms with E-state index in [0.29, 0.717) is 41.8 Å². The molecule has 0 aliphatic carbocycles. The number of thioether (sulfide) groups is 1. The number of urea groups is 1. The lowest BCUT2D eigenvalue weighted by Gasteiger charge is -2.51. The van der Waals surface area contributed by atoms with Gasteiger partial charge in [0.05, 0.1) is 48.4 Å². The van der Waals surface area contributed by atoms with Crippen LogP contribution in [0.3, 0.4) is 0 Å². The molecule has 0 bridgehead atoms. The molecule has 0 aromatic heterocycles. The number of carbonyl (C=O) groups is 7. The van der Waals surface area contributed by atoms with Crippen molar-refractivity contribution in [1.82, 2.24) is 30.7 Å². The van der Waals surface area contributed by atoms with Gasteiger partial charge in [0.25, 0.3) is 11.8 Å². The Labute approximate surface area is 324 Å². The maximum absolute atomic E-state index is 13.8. The molecule has 4 heterocycles. The fourth-order valence-corrected chi connectivity index (χ4v) is 9.03. The smallest absolute Gasteiger partial charge is 0.325 e. The van der Waals surface area contributed by atoms with Crippen LogP contribution >= 0.6 is 23.4 Å². The van der Waals surface area contributed by atoms with E-state index in [4.69, 9.17) is 11.6 Å². The van der Waals surface area contributed by atoms with Gasteiger partial charge in [0, 0.05) is 43.8 Å². The van der Waals surface area contributed by atoms with Crippen molar-refractivity contribution in [2.45, 2.75) is 37.2 Å². The van der Waals surface area contributed by atoms with Crippen molar-refractivity contribution >= 4 is 64.9 Å². The van der Waals surface area contributed by atoms with E-state index >= 15 is 0 Å². The van der Waals surface area contributed by atoms with Crippen LogP contribution < -0.4 is 21.1 Å². The SMILES string of the molecule is CCN1CCN(C(=O)N[C@H](C(=O)N[C@@H]2C(=O)N3C(C(=O)[O-])=C(C[N+]4(CCNC(=O)c5ccc(O)c(O)c5Cl)CCCC4)CS[C@H]23)c2ccccc2)C(=O)C1=O. The maximum Gasteiger partial charge on any atom is 0.325 e. The van der Waals surface area contributed by atoms with Gasteiger partial charge in [-0.15, -0.1) is 11.8 Å². The summed E-state index contributed by atoms with van der Waals surface area (Å²) in [5, 5.41) is 39.1. The summed E-state index contributed by atoms with van der Waals surface area (Å²) in [6.45, 7) is 4.35. The fraction of sp³-hybridized carbons (Fsp3) is 0.417. The van der Waals surface area contributed by atoms with Crippen LogP contribution in [0.2, 0.25) is 5.02 Å². The topological polar surface area (TPSA) is 229 Å². The zero-order valence-electron chi connectivity index (χ0n) is 29.8. The van der Waals surface area contributed by atoms with Crippen molar-refractivity contribution < 1.29 is 53.4 Å². The highest BCUT2D eigenvalue weighted by molar-refractivity contribution is 8.00. The number of carboxylic acid groups (broad SMARTS) is 1. The Bertz CT molecular complexity index is 1960. The zero-order chi connectivity index (χ0) is 39.6. The summed E-state index contributed by atoms with van der Waals surface area (Å²) in [4.78, 5) is 94.4. The molecule has 0 radical (unpaired) electrons. The number of aromatic hydroxyl groups is 2. The van der Waals surface area contributed by atoms with Gasteiger partial charge in [0.15, 0.2) is 11.5 Å². The predicted octanol–water partition coefficient (Wildman–Crippen LogP) is -0.363. The number of β-lactam (4-membered cyclic amide) rings is 1. The molecule has 3 atom stereocenters. The van der Waals surface area contributed by atoms with Crippen molar-refractivity contribution in [2.24, 2.45) is 0 Å². The van der Waals surface area contributed by atoms with Crippen LogP contribution in [0, 0.1) is 0 Å². The van der Waals surface area contributed by atoms with Crippen molar-refractivity contribution in [2.75, 3.05) is 58.1 Å². The molecule has 2 aromatic rings. The van der Waals surface area contributed by atoms with Crippen molar-refractivity contribution in [3.63, 3.8) is 0 Å². The van der Waals surface area contributed by atoms with E-state index in [1.165, 1.54) is 22.7 Å². The number of nitrogens with one attached hydrogen (secondary N) is 3. The number of carbonyl (C=O) groups excluding carboxylic acids is 7. The van der Waals surface area contributed by atoms with Crippen molar-refractivity contribution in [3.05, 3.63) is 69.9 Å². The average molecular weight is 798 g/mol. The minimum Gasteiger partial charge on any atom is -0.543 e. The molecule has 2 aromatic carbocycles. The van der Waals surface area contributed by atoms with Gasteiger partial charge in [-0.05, 0) is 24.6 Å². The summed E-state index contributed by atoms with van der Waals surface area (Å²) in [6.07, 6.45) is 1.73. The van der Waals surface area contributed by atoms with Crippen LogP contribution in [0.1, 0.15) is 41.7 Å². The van der Waals surface area contributed by atoms with Crippen molar-refractivity contribution in [3.8, 4) is 11.5 Å². The third kappa shape index (κ3) is 7.79. The highest BCUT2D eigenvalue weighted by Crippen LogP contribution is 2.41. The Kier molecular flexibility index (Phi) is 11.6. The molecule has 0 unspecified atom stereocenters. The number of phenols is 2. The second-order valence-electron chi connectivity index (χ2n) is 13.7. The van der Waals surface area contributed by atoms with Crippen LogP contribution in [0.5, 0.6) is 11.5 Å². The van der Waals surface area contributed by atoms with Gasteiger partial charge >= 0.3 is 17.8 Å². The molecular formula is C36H40ClN7O10S. The number of carboxylic acids is 1. The fourth-order valence-electron chi connectivity index (χ4n) is 7.45. The van der Waals surface area contributed by atoms with Gasteiger partial charge in [-0.1, -0.05) is 41.9 Å². The monoisotopic (exact) mass is 797 g/mol. The lowest BCUT2D eigenvalue weighted by molar-refractivity contribution is -0.911. The molecule has 17 nitrogen and oxygen atoms in total. The molecule has 5 N–H and O–H groups in total. The Morgan fingerprint density at radius 1 is 1.02 bits per heavy atom. The Morgan fingerprint density at radius 2 is 1.73 bits per heavy atom. The van der Waals surface area contributed by atoms with Gasteiger partial charge in [-0.3, -0.25) is 33.8 Å². The Balaban J connectivity index is 1.14. The molecule has 6 rings (SSSR count). The molecule has 4 aliphatic rings. The second kappa shape index (κ2) is 16.2. The average Bonchev–Trinajstić information content (AvgIpc) is 3.63. The number of halogens is 1. The van der Waals surface area contributed by atoms with Crippen LogP contribution in [0.4, 0.5) is 4.79 Å². The minimum atomic E-state index is -1.54. The standard InChI is InChI=1S/C36H40ClN7O10S/c1-2-41-13-14-42(33(51)32(41)50)36(54)40-25(20-8-4-3-5-9-20)30(48)39-26-31(49)43-27(35(52)53)21(19-55-34(26)43)18-44(15-6-7-16-44)17-12-38-29(47)22-10-11-23(45)28(46)24(22)37/h3-5,8-11,25-26,34H,2,6-7,12-19H2,1H3,(H5-,38,39,40,45,46,47,48,50,51,52,53,54)/t25-,26+,34+/m0/s1. The first-order chi connectivity index (χ1) is 26.3. The highest BCUT2D eigenvalue weighted by Gasteiger charge is 2.54. The minimum absolute atomic E-state index is 0.0194. The number of likely N-dealkylation sites (tertiary alicyclic amines) is 1. The third-order valence-corrected chi connectivity index (χ3v) is 12.1. The summed E-state index contributed by atoms with van der Waals surface area (Å²) >= 11 is 7.33. The number of hydrogen-bond acceptors (Lipinski definition) is 11. The lowest BCUT2D eigenvalue weighted by atomic mass is 10.0. The maximum atomic E-state index is 13.8. The van der Waals surface area contributed by atoms with E-state index < -0.39 is 70.5 Å². The zero-order valence-corrected chi connectivity index (χ0v) is 31.4. The molecule has 3 fully saturated rings. The summed E-state index contributed by atoms with van der Waals surface area (Å²) < 4.78 is 0.439. The number of likely N-dealkylation sites (N-methyl/N-ethyl adjacent to an activating group) is 1. The first-order valence-corrected chi connectivity index (χ1v) is 19.2. The number of quaternary nitrogens is 1. The predicted molar refractivity (Wildman–Crippen MR) is 195 cm³/mol. The number of benzene rings is 2. The normalized spacial score (nSPS) is 21.1. The molecule has 0 saturated carbocycles. The molecule has 292 valence electrons. The lowest BCUT2D eigenvalue weighted by Crippen LogP contribution is -2.72. The molecule has 19 heteroatoms. The molecule has 4 aliphatic heterocycles. The van der Waals surface area contributed by atoms with Gasteiger partial charge in [0.2, 0.25) is 5.91 Å².